The Labute approximate surface area is 61.3 Å². The lowest BCUT2D eigenvalue weighted by Gasteiger charge is -2.26. The summed E-state index contributed by atoms with van der Waals surface area (Å²) in [5, 5.41) is 0. The molecule has 0 N–H and O–H groups in total. The van der Waals surface area contributed by atoms with Crippen LogP contribution in [0.15, 0.2) is 0 Å². The average Bonchev–Trinajstić information content (AvgIpc) is 1.95. The van der Waals surface area contributed by atoms with E-state index in [1.54, 1.807) is 0 Å². The van der Waals surface area contributed by atoms with Crippen molar-refractivity contribution in [3.8, 4) is 0 Å². The quantitative estimate of drug-likeness (QED) is 0.576. The van der Waals surface area contributed by atoms with Crippen LogP contribution in [0.4, 0.5) is 0 Å². The smallest absolute Gasteiger partial charge is 0.155 e. The van der Waals surface area contributed by atoms with Crippen molar-refractivity contribution in [3.05, 3.63) is 0 Å². The third kappa shape index (κ3) is 2.25. The van der Waals surface area contributed by atoms with Crippen LogP contribution in [0.3, 0.4) is 0 Å². The number of hydrogen-bond donors (Lipinski definition) is 0. The van der Waals surface area contributed by atoms with Crippen LogP contribution >= 0.6 is 0 Å². The van der Waals surface area contributed by atoms with Gasteiger partial charge in [-0.3, -0.25) is 0 Å². The Hall–Kier alpha value is -0.120. The fourth-order valence-corrected chi connectivity index (χ4v) is 0.914. The Kier molecular flexibility index (Phi) is 3.12. The van der Waals surface area contributed by atoms with Crippen LogP contribution in [0.5, 0.6) is 0 Å². The average molecular weight is 146 g/mol. The van der Waals surface area contributed by atoms with Gasteiger partial charge in [-0.2, -0.15) is 0 Å². The summed E-state index contributed by atoms with van der Waals surface area (Å²) in [6.45, 7) is 5.91. The fraction of sp³-hybridized carbons (Fsp3) is 1.00. The highest BCUT2D eigenvalue weighted by atomic mass is 16.7. The first-order valence-corrected chi connectivity index (χ1v) is 3.67. The van der Waals surface area contributed by atoms with Crippen molar-refractivity contribution in [2.24, 2.45) is 0 Å². The lowest BCUT2D eigenvalue weighted by Crippen LogP contribution is -2.35. The third-order valence-corrected chi connectivity index (χ3v) is 1.44. The van der Waals surface area contributed by atoms with E-state index in [-0.39, 0.29) is 12.4 Å². The minimum Gasteiger partial charge on any atom is -0.374 e. The van der Waals surface area contributed by atoms with Gasteiger partial charge in [0.1, 0.15) is 6.10 Å². The van der Waals surface area contributed by atoms with Gasteiger partial charge in [-0.1, -0.05) is 0 Å². The minimum absolute atomic E-state index is 0.0586. The molecule has 0 aromatic rings. The predicted octanol–water partition coefficient (Wildman–Crippen LogP) is 0.784. The maximum absolute atomic E-state index is 5.28. The van der Waals surface area contributed by atoms with Gasteiger partial charge in [0, 0.05) is 6.61 Å². The Morgan fingerprint density at radius 1 is 1.40 bits per heavy atom. The van der Waals surface area contributed by atoms with Crippen LogP contribution in [0, 0.1) is 0 Å². The van der Waals surface area contributed by atoms with Gasteiger partial charge in [-0.05, 0) is 13.8 Å². The molecule has 0 spiro atoms. The zero-order valence-corrected chi connectivity index (χ0v) is 6.50. The molecule has 0 radical (unpaired) electrons. The van der Waals surface area contributed by atoms with Crippen molar-refractivity contribution in [1.29, 1.82) is 0 Å². The molecule has 10 heavy (non-hydrogen) atoms. The molecule has 0 atom stereocenters. The molecule has 0 aromatic carbocycles. The molecule has 1 fully saturated rings. The van der Waals surface area contributed by atoms with Crippen LogP contribution in [-0.4, -0.2) is 32.2 Å². The van der Waals surface area contributed by atoms with Crippen molar-refractivity contribution >= 4 is 0 Å². The second kappa shape index (κ2) is 3.91. The largest absolute Gasteiger partial charge is 0.374 e. The van der Waals surface area contributed by atoms with Gasteiger partial charge in [0.05, 0.1) is 13.2 Å². The van der Waals surface area contributed by atoms with Gasteiger partial charge in [-0.15, -0.1) is 0 Å². The van der Waals surface area contributed by atoms with E-state index in [1.165, 1.54) is 0 Å². The SMILES string of the molecule is CCOC1COC(C)OC1. The highest BCUT2D eigenvalue weighted by molar-refractivity contribution is 4.59. The predicted molar refractivity (Wildman–Crippen MR) is 36.8 cm³/mol. The Balaban J connectivity index is 2.13. The van der Waals surface area contributed by atoms with E-state index in [1.807, 2.05) is 13.8 Å². The van der Waals surface area contributed by atoms with Crippen molar-refractivity contribution in [3.63, 3.8) is 0 Å². The summed E-state index contributed by atoms with van der Waals surface area (Å²) in [6, 6.07) is 0. The molecule has 3 heteroatoms. The van der Waals surface area contributed by atoms with Gasteiger partial charge in [-0.25, -0.2) is 0 Å². The van der Waals surface area contributed by atoms with Crippen LogP contribution in [0.1, 0.15) is 13.8 Å². The van der Waals surface area contributed by atoms with E-state index in [0.29, 0.717) is 13.2 Å². The monoisotopic (exact) mass is 146 g/mol. The van der Waals surface area contributed by atoms with Crippen LogP contribution in [0.2, 0.25) is 0 Å². The van der Waals surface area contributed by atoms with Crippen molar-refractivity contribution in [1.82, 2.24) is 0 Å². The Morgan fingerprint density at radius 3 is 2.50 bits per heavy atom. The first-order valence-electron chi connectivity index (χ1n) is 3.67. The number of rotatable bonds is 2. The number of hydrogen-bond acceptors (Lipinski definition) is 3. The van der Waals surface area contributed by atoms with Crippen LogP contribution in [-0.2, 0) is 14.2 Å². The topological polar surface area (TPSA) is 27.7 Å². The molecule has 1 saturated heterocycles. The highest BCUT2D eigenvalue weighted by Gasteiger charge is 2.18. The standard InChI is InChI=1S/C7H14O3/c1-3-8-7-4-9-6(2)10-5-7/h6-7H,3-5H2,1-2H3. The molecule has 0 aliphatic carbocycles. The molecule has 1 aliphatic rings. The maximum Gasteiger partial charge on any atom is 0.155 e. The van der Waals surface area contributed by atoms with Gasteiger partial charge >= 0.3 is 0 Å². The van der Waals surface area contributed by atoms with E-state index >= 15 is 0 Å². The molecule has 60 valence electrons. The Bertz CT molecular complexity index is 86.9. The third-order valence-electron chi connectivity index (χ3n) is 1.44. The zero-order valence-electron chi connectivity index (χ0n) is 6.50. The molecule has 0 bridgehead atoms. The minimum atomic E-state index is -0.0586. The summed E-state index contributed by atoms with van der Waals surface area (Å²) >= 11 is 0. The van der Waals surface area contributed by atoms with Gasteiger partial charge in [0.25, 0.3) is 0 Å². The van der Waals surface area contributed by atoms with Gasteiger partial charge in [0.2, 0.25) is 0 Å². The first-order chi connectivity index (χ1) is 4.83. The normalized spacial score (nSPS) is 34.2. The lowest BCUT2D eigenvalue weighted by molar-refractivity contribution is -0.217. The zero-order chi connectivity index (χ0) is 7.40. The van der Waals surface area contributed by atoms with Crippen molar-refractivity contribution in [2.75, 3.05) is 19.8 Å². The molecule has 0 aromatic heterocycles. The second-order valence-corrected chi connectivity index (χ2v) is 2.31. The summed E-state index contributed by atoms with van der Waals surface area (Å²) < 4.78 is 15.7. The molecule has 0 saturated carbocycles. The highest BCUT2D eigenvalue weighted by Crippen LogP contribution is 2.06. The molecular formula is C7H14O3. The molecule has 1 rings (SSSR count). The molecule has 1 heterocycles. The summed E-state index contributed by atoms with van der Waals surface area (Å²) in [5.74, 6) is 0. The van der Waals surface area contributed by atoms with E-state index < -0.39 is 0 Å². The summed E-state index contributed by atoms with van der Waals surface area (Å²) in [6.07, 6.45) is 0.0814. The fourth-order valence-electron chi connectivity index (χ4n) is 0.914. The van der Waals surface area contributed by atoms with E-state index in [4.69, 9.17) is 14.2 Å². The van der Waals surface area contributed by atoms with Crippen molar-refractivity contribution in [2.45, 2.75) is 26.2 Å². The molecule has 1 aliphatic heterocycles. The van der Waals surface area contributed by atoms with Crippen molar-refractivity contribution < 1.29 is 14.2 Å². The van der Waals surface area contributed by atoms with Crippen LogP contribution in [0.25, 0.3) is 0 Å². The van der Waals surface area contributed by atoms with E-state index in [9.17, 15) is 0 Å². The molecule has 0 unspecified atom stereocenters. The Morgan fingerprint density at radius 2 is 2.00 bits per heavy atom. The lowest BCUT2D eigenvalue weighted by atomic mass is 10.4. The molecule has 3 nitrogen and oxygen atoms in total. The van der Waals surface area contributed by atoms with Crippen LogP contribution < -0.4 is 0 Å². The summed E-state index contributed by atoms with van der Waals surface area (Å²) in [5.41, 5.74) is 0. The molecule has 0 amide bonds. The summed E-state index contributed by atoms with van der Waals surface area (Å²) in [4.78, 5) is 0. The summed E-state index contributed by atoms with van der Waals surface area (Å²) in [7, 11) is 0. The van der Waals surface area contributed by atoms with E-state index in [0.717, 1.165) is 6.61 Å². The van der Waals surface area contributed by atoms with Gasteiger partial charge in [0.15, 0.2) is 6.29 Å². The maximum atomic E-state index is 5.28. The first kappa shape index (κ1) is 7.98. The second-order valence-electron chi connectivity index (χ2n) is 2.31. The van der Waals surface area contributed by atoms with E-state index in [2.05, 4.69) is 0 Å². The number of ether oxygens (including phenoxy) is 3. The van der Waals surface area contributed by atoms with Gasteiger partial charge < -0.3 is 14.2 Å². The molecular weight excluding hydrogens is 132 g/mol.